The summed E-state index contributed by atoms with van der Waals surface area (Å²) >= 11 is 0. The van der Waals surface area contributed by atoms with Gasteiger partial charge in [0.15, 0.2) is 0 Å². The molecule has 0 N–H and O–H groups in total. The topological polar surface area (TPSA) is 60.2 Å². The second-order valence-electron chi connectivity index (χ2n) is 3.56. The van der Waals surface area contributed by atoms with Crippen LogP contribution in [-0.2, 0) is 11.2 Å². The second-order valence-corrected chi connectivity index (χ2v) is 3.56. The molecule has 0 aliphatic rings. The number of nitrogens with zero attached hydrogens (tertiary/aromatic N) is 1. The molecular weight excluding hydrogens is 213 g/mol. The minimum Gasteiger partial charge on any atom is -0.300 e. The quantitative estimate of drug-likeness (QED) is 0.439. The number of ketones is 1. The van der Waals surface area contributed by atoms with Crippen LogP contribution in [0.2, 0.25) is 0 Å². The number of alkyl halides is 1. The molecule has 0 heterocycles. The van der Waals surface area contributed by atoms with Crippen molar-refractivity contribution in [3.63, 3.8) is 0 Å². The zero-order valence-electron chi connectivity index (χ0n) is 8.85. The number of nitro groups is 1. The molecule has 16 heavy (non-hydrogen) atoms. The Morgan fingerprint density at radius 1 is 1.44 bits per heavy atom. The van der Waals surface area contributed by atoms with Crippen LogP contribution in [0.5, 0.6) is 0 Å². The van der Waals surface area contributed by atoms with E-state index in [4.69, 9.17) is 0 Å². The highest BCUT2D eigenvalue weighted by Crippen LogP contribution is 2.18. The Morgan fingerprint density at radius 2 is 2.00 bits per heavy atom. The van der Waals surface area contributed by atoms with E-state index in [9.17, 15) is 19.3 Å². The zero-order valence-corrected chi connectivity index (χ0v) is 8.85. The molecule has 0 bridgehead atoms. The van der Waals surface area contributed by atoms with E-state index >= 15 is 0 Å². The van der Waals surface area contributed by atoms with Crippen LogP contribution < -0.4 is 0 Å². The van der Waals surface area contributed by atoms with E-state index in [0.29, 0.717) is 12.8 Å². The summed E-state index contributed by atoms with van der Waals surface area (Å²) in [4.78, 5) is 19.9. The summed E-state index contributed by atoms with van der Waals surface area (Å²) in [6.45, 7) is 1.50. The van der Waals surface area contributed by atoms with Crippen molar-refractivity contribution in [2.24, 2.45) is 0 Å². The van der Waals surface area contributed by atoms with Crippen molar-refractivity contribution >= 4 is 5.78 Å². The molecule has 1 aromatic rings. The number of hydrogen-bond acceptors (Lipinski definition) is 3. The summed E-state index contributed by atoms with van der Waals surface area (Å²) in [6.07, 6.45) is -1.18. The van der Waals surface area contributed by atoms with Gasteiger partial charge < -0.3 is 4.79 Å². The van der Waals surface area contributed by atoms with Gasteiger partial charge in [0, 0.05) is 6.42 Å². The fraction of sp³-hybridized carbons (Fsp3) is 0.364. The highest BCUT2D eigenvalue weighted by atomic mass is 19.1. The molecule has 0 amide bonds. The van der Waals surface area contributed by atoms with Crippen LogP contribution in [0.3, 0.4) is 0 Å². The molecule has 0 radical (unpaired) electrons. The van der Waals surface area contributed by atoms with Gasteiger partial charge in [0.05, 0.1) is 10.5 Å². The van der Waals surface area contributed by atoms with E-state index < -0.39 is 11.2 Å². The van der Waals surface area contributed by atoms with Gasteiger partial charge in [-0.25, -0.2) is 0 Å². The summed E-state index contributed by atoms with van der Waals surface area (Å²) in [7, 11) is 0. The average molecular weight is 225 g/mol. The van der Waals surface area contributed by atoms with Crippen LogP contribution in [0, 0.1) is 10.1 Å². The van der Waals surface area contributed by atoms with Crippen molar-refractivity contribution in [2.75, 3.05) is 0 Å². The second kappa shape index (κ2) is 5.34. The normalized spacial score (nSPS) is 12.1. The van der Waals surface area contributed by atoms with E-state index in [0.717, 1.165) is 5.56 Å². The molecule has 0 fully saturated rings. The van der Waals surface area contributed by atoms with Crippen LogP contribution in [0.1, 0.15) is 30.8 Å². The van der Waals surface area contributed by atoms with Gasteiger partial charge in [-0.15, -0.1) is 0 Å². The molecule has 0 aromatic heterocycles. The number of Topliss-reactive ketones (excluding diaryl/α,β-unsaturated/α-hetero) is 1. The molecule has 0 aliphatic heterocycles. The third kappa shape index (κ3) is 3.42. The predicted octanol–water partition coefficient (Wildman–Crippen LogP) is 2.45. The van der Waals surface area contributed by atoms with Gasteiger partial charge in [0.2, 0.25) is 0 Å². The van der Waals surface area contributed by atoms with Crippen LogP contribution in [0.25, 0.3) is 0 Å². The third-order valence-corrected chi connectivity index (χ3v) is 2.21. The highest BCUT2D eigenvalue weighted by Gasteiger charge is 2.19. The standard InChI is InChI=1S/C11H12FNO3/c1-8(14)2-3-9-4-6-10(7-5-9)11(12)13(15)16/h4-7,11H,2-3H2,1H3. The van der Waals surface area contributed by atoms with Gasteiger partial charge in [0.1, 0.15) is 5.78 Å². The van der Waals surface area contributed by atoms with Gasteiger partial charge in [0.25, 0.3) is 0 Å². The van der Waals surface area contributed by atoms with E-state index in [1.165, 1.54) is 19.1 Å². The Kier molecular flexibility index (Phi) is 4.10. The maximum atomic E-state index is 13.0. The first-order valence-corrected chi connectivity index (χ1v) is 4.86. The number of aryl methyl sites for hydroxylation is 1. The molecule has 1 unspecified atom stereocenters. The highest BCUT2D eigenvalue weighted by molar-refractivity contribution is 5.75. The number of carbonyl (C=O) groups is 1. The summed E-state index contributed by atoms with van der Waals surface area (Å²) in [5.74, 6) is 0.0812. The van der Waals surface area contributed by atoms with E-state index in [1.807, 2.05) is 0 Å². The van der Waals surface area contributed by atoms with E-state index in [2.05, 4.69) is 0 Å². The van der Waals surface area contributed by atoms with E-state index in [1.54, 1.807) is 12.1 Å². The third-order valence-electron chi connectivity index (χ3n) is 2.21. The fourth-order valence-corrected chi connectivity index (χ4v) is 1.29. The van der Waals surface area contributed by atoms with Crippen LogP contribution in [-0.4, -0.2) is 10.7 Å². The van der Waals surface area contributed by atoms with Crippen molar-refractivity contribution in [3.05, 3.63) is 45.5 Å². The fourth-order valence-electron chi connectivity index (χ4n) is 1.29. The lowest BCUT2D eigenvalue weighted by Gasteiger charge is -2.02. The zero-order chi connectivity index (χ0) is 12.1. The van der Waals surface area contributed by atoms with Crippen LogP contribution in [0.4, 0.5) is 4.39 Å². The maximum absolute atomic E-state index is 13.0. The van der Waals surface area contributed by atoms with Crippen LogP contribution in [0.15, 0.2) is 24.3 Å². The number of carbonyl (C=O) groups excluding carboxylic acids is 1. The Balaban J connectivity index is 2.67. The first-order valence-electron chi connectivity index (χ1n) is 4.86. The minimum absolute atomic E-state index is 0.0246. The lowest BCUT2D eigenvalue weighted by Crippen LogP contribution is -2.04. The smallest absolute Gasteiger partial charge is 0.300 e. The van der Waals surface area contributed by atoms with Gasteiger partial charge in [-0.3, -0.25) is 10.1 Å². The number of halogens is 1. The molecule has 86 valence electrons. The Morgan fingerprint density at radius 3 is 2.44 bits per heavy atom. The van der Waals surface area contributed by atoms with Crippen molar-refractivity contribution in [1.82, 2.24) is 0 Å². The Labute approximate surface area is 92.2 Å². The summed E-state index contributed by atoms with van der Waals surface area (Å²) in [6, 6.07) is 5.97. The predicted molar refractivity (Wildman–Crippen MR) is 56.3 cm³/mol. The number of hydrogen-bond donors (Lipinski definition) is 0. The largest absolute Gasteiger partial charge is 0.375 e. The van der Waals surface area contributed by atoms with E-state index in [-0.39, 0.29) is 11.3 Å². The number of rotatable bonds is 5. The molecule has 1 rings (SSSR count). The molecule has 4 nitrogen and oxygen atoms in total. The first kappa shape index (κ1) is 12.3. The van der Waals surface area contributed by atoms with Crippen molar-refractivity contribution in [1.29, 1.82) is 0 Å². The van der Waals surface area contributed by atoms with Gasteiger partial charge in [-0.05, 0) is 31.0 Å². The Bertz CT molecular complexity index is 389. The SMILES string of the molecule is CC(=O)CCc1ccc(C(F)[N+](=O)[O-])cc1. The molecule has 0 spiro atoms. The van der Waals surface area contributed by atoms with Crippen molar-refractivity contribution in [2.45, 2.75) is 26.1 Å². The molecule has 1 atom stereocenters. The van der Waals surface area contributed by atoms with Gasteiger partial charge in [-0.2, -0.15) is 4.39 Å². The molecule has 0 saturated heterocycles. The Hall–Kier alpha value is -1.78. The van der Waals surface area contributed by atoms with Crippen molar-refractivity contribution in [3.8, 4) is 0 Å². The summed E-state index contributed by atoms with van der Waals surface area (Å²) in [5, 5.41) is 10.2. The summed E-state index contributed by atoms with van der Waals surface area (Å²) in [5.41, 5.74) is 0.895. The lowest BCUT2D eigenvalue weighted by molar-refractivity contribution is -0.560. The molecular formula is C11H12FNO3. The molecule has 0 saturated carbocycles. The molecule has 5 heteroatoms. The van der Waals surface area contributed by atoms with Gasteiger partial charge >= 0.3 is 6.30 Å². The molecule has 0 aliphatic carbocycles. The maximum Gasteiger partial charge on any atom is 0.375 e. The monoisotopic (exact) mass is 225 g/mol. The summed E-state index contributed by atoms with van der Waals surface area (Å²) < 4.78 is 13.0. The minimum atomic E-state index is -2.18. The lowest BCUT2D eigenvalue weighted by atomic mass is 10.1. The first-order chi connectivity index (χ1) is 7.50. The number of benzene rings is 1. The molecule has 1 aromatic carbocycles. The van der Waals surface area contributed by atoms with Crippen LogP contribution >= 0.6 is 0 Å². The van der Waals surface area contributed by atoms with Crippen molar-refractivity contribution < 1.29 is 14.1 Å². The van der Waals surface area contributed by atoms with Gasteiger partial charge in [-0.1, -0.05) is 12.1 Å². The average Bonchev–Trinajstić information content (AvgIpc) is 2.26.